The summed E-state index contributed by atoms with van der Waals surface area (Å²) in [4.78, 5) is 2.36. The standard InChI is InChI=1S/C44H29NO2/c1-2-9-34-28(8-1)16-17-30-20-23-32(26-38(30)34)45(33-24-25-42-39(27-33)36-10-3-5-13-40(36)46-42)31-21-18-29(19-22-31)35-12-7-15-43-44(35)37-11-4-6-14-41(37)47-43/h1-27,43-44H/t43-,44?/m0/s1. The second-order valence-electron chi connectivity index (χ2n) is 12.5. The van der Waals surface area contributed by atoms with E-state index >= 15 is 0 Å². The lowest BCUT2D eigenvalue weighted by Crippen LogP contribution is -2.19. The van der Waals surface area contributed by atoms with E-state index in [1.807, 2.05) is 18.2 Å². The lowest BCUT2D eigenvalue weighted by Gasteiger charge is -2.27. The molecule has 1 aliphatic heterocycles. The molecule has 1 aromatic heterocycles. The second kappa shape index (κ2) is 10.2. The monoisotopic (exact) mass is 603 g/mol. The van der Waals surface area contributed by atoms with Gasteiger partial charge in [0.2, 0.25) is 0 Å². The van der Waals surface area contributed by atoms with Crippen molar-refractivity contribution < 1.29 is 9.15 Å². The molecular formula is C44H29NO2. The fourth-order valence-electron chi connectivity index (χ4n) is 7.61. The van der Waals surface area contributed by atoms with Crippen LogP contribution in [0.4, 0.5) is 17.1 Å². The maximum Gasteiger partial charge on any atom is 0.135 e. The summed E-state index contributed by atoms with van der Waals surface area (Å²) in [6, 6.07) is 52.1. The first-order chi connectivity index (χ1) is 23.3. The Morgan fingerprint density at radius 2 is 1.17 bits per heavy atom. The maximum atomic E-state index is 6.32. The molecule has 0 amide bonds. The van der Waals surface area contributed by atoms with Crippen molar-refractivity contribution in [3.8, 4) is 5.75 Å². The van der Waals surface area contributed by atoms with Gasteiger partial charge in [-0.2, -0.15) is 0 Å². The molecule has 2 atom stereocenters. The number of hydrogen-bond acceptors (Lipinski definition) is 3. The van der Waals surface area contributed by atoms with E-state index in [0.717, 1.165) is 44.8 Å². The first-order valence-corrected chi connectivity index (χ1v) is 16.2. The highest BCUT2D eigenvalue weighted by Gasteiger charge is 2.36. The van der Waals surface area contributed by atoms with Gasteiger partial charge in [0.15, 0.2) is 0 Å². The van der Waals surface area contributed by atoms with Crippen molar-refractivity contribution in [2.45, 2.75) is 12.0 Å². The number of para-hydroxylation sites is 2. The fourth-order valence-corrected chi connectivity index (χ4v) is 7.61. The molecule has 3 nitrogen and oxygen atoms in total. The van der Waals surface area contributed by atoms with Crippen LogP contribution in [0.3, 0.4) is 0 Å². The molecule has 222 valence electrons. The van der Waals surface area contributed by atoms with Crippen LogP contribution in [-0.2, 0) is 0 Å². The molecule has 0 spiro atoms. The third-order valence-corrected chi connectivity index (χ3v) is 9.82. The summed E-state index contributed by atoms with van der Waals surface area (Å²) in [5.74, 6) is 1.16. The number of allylic oxidation sites excluding steroid dienone is 2. The molecule has 47 heavy (non-hydrogen) atoms. The van der Waals surface area contributed by atoms with Crippen LogP contribution >= 0.6 is 0 Å². The van der Waals surface area contributed by atoms with Crippen molar-refractivity contribution in [1.29, 1.82) is 0 Å². The summed E-state index contributed by atoms with van der Waals surface area (Å²) in [6.45, 7) is 0. The molecular weight excluding hydrogens is 574 g/mol. The first kappa shape index (κ1) is 26.2. The minimum absolute atomic E-state index is 0.0208. The lowest BCUT2D eigenvalue weighted by molar-refractivity contribution is 0.271. The highest BCUT2D eigenvalue weighted by molar-refractivity contribution is 6.10. The normalized spacial score (nSPS) is 16.7. The Bertz CT molecular complexity index is 2570. The lowest BCUT2D eigenvalue weighted by atomic mass is 9.81. The predicted molar refractivity (Wildman–Crippen MR) is 194 cm³/mol. The van der Waals surface area contributed by atoms with E-state index in [1.54, 1.807) is 0 Å². The molecule has 0 N–H and O–H groups in total. The van der Waals surface area contributed by atoms with Gasteiger partial charge in [0.05, 0.1) is 5.92 Å². The van der Waals surface area contributed by atoms with Crippen LogP contribution in [0.2, 0.25) is 0 Å². The number of ether oxygens (including phenoxy) is 1. The number of furan rings is 1. The van der Waals surface area contributed by atoms with Gasteiger partial charge in [-0.05, 0) is 93.4 Å². The summed E-state index contributed by atoms with van der Waals surface area (Å²) >= 11 is 0. The molecule has 0 saturated heterocycles. The molecule has 2 aliphatic rings. The summed E-state index contributed by atoms with van der Waals surface area (Å²) in [5, 5.41) is 7.19. The number of nitrogens with zero attached hydrogens (tertiary/aromatic N) is 1. The Labute approximate surface area is 272 Å². The predicted octanol–water partition coefficient (Wildman–Crippen LogP) is 11.9. The van der Waals surface area contributed by atoms with Gasteiger partial charge in [-0.3, -0.25) is 0 Å². The average molecular weight is 604 g/mol. The summed E-state index contributed by atoms with van der Waals surface area (Å²) in [7, 11) is 0. The van der Waals surface area contributed by atoms with Gasteiger partial charge in [0.1, 0.15) is 23.0 Å². The Hall–Kier alpha value is -6.06. The topological polar surface area (TPSA) is 25.6 Å². The Morgan fingerprint density at radius 1 is 0.511 bits per heavy atom. The quantitative estimate of drug-likeness (QED) is 0.187. The summed E-state index contributed by atoms with van der Waals surface area (Å²) in [5.41, 5.74) is 8.80. The second-order valence-corrected chi connectivity index (χ2v) is 12.5. The Kier molecular flexibility index (Phi) is 5.70. The zero-order valence-electron chi connectivity index (χ0n) is 25.5. The zero-order chi connectivity index (χ0) is 30.9. The highest BCUT2D eigenvalue weighted by atomic mass is 16.5. The van der Waals surface area contributed by atoms with E-state index in [0.29, 0.717) is 0 Å². The van der Waals surface area contributed by atoms with Crippen LogP contribution in [0.5, 0.6) is 5.75 Å². The third kappa shape index (κ3) is 4.13. The fraction of sp³-hybridized carbons (Fsp3) is 0.0455. The van der Waals surface area contributed by atoms with E-state index < -0.39 is 0 Å². The van der Waals surface area contributed by atoms with Crippen LogP contribution < -0.4 is 9.64 Å². The van der Waals surface area contributed by atoms with Gasteiger partial charge >= 0.3 is 0 Å². The molecule has 8 aromatic rings. The Morgan fingerprint density at radius 3 is 2.06 bits per heavy atom. The first-order valence-electron chi connectivity index (χ1n) is 16.2. The molecule has 1 unspecified atom stereocenters. The number of benzene rings is 7. The smallest absolute Gasteiger partial charge is 0.135 e. The number of hydrogen-bond donors (Lipinski definition) is 0. The van der Waals surface area contributed by atoms with Gasteiger partial charge < -0.3 is 14.1 Å². The van der Waals surface area contributed by atoms with Crippen LogP contribution in [-0.4, -0.2) is 6.10 Å². The molecule has 0 fully saturated rings. The van der Waals surface area contributed by atoms with E-state index in [-0.39, 0.29) is 12.0 Å². The third-order valence-electron chi connectivity index (χ3n) is 9.82. The van der Waals surface area contributed by atoms with Crippen molar-refractivity contribution in [3.63, 3.8) is 0 Å². The summed E-state index contributed by atoms with van der Waals surface area (Å²) in [6.07, 6.45) is 6.56. The van der Waals surface area contributed by atoms with Crippen LogP contribution in [0.1, 0.15) is 17.0 Å². The molecule has 1 aliphatic carbocycles. The van der Waals surface area contributed by atoms with Gasteiger partial charge in [-0.15, -0.1) is 0 Å². The molecule has 2 heterocycles. The van der Waals surface area contributed by atoms with Crippen molar-refractivity contribution in [3.05, 3.63) is 175 Å². The molecule has 0 saturated carbocycles. The SMILES string of the molecule is C1=C[C@@H]2Oc3ccccc3C2C(c2ccc(N(c3ccc4ccc5ccccc5c4c3)c3ccc4oc5ccccc5c4c3)cc2)=C1. The number of fused-ring (bicyclic) bond motifs is 9. The van der Waals surface area contributed by atoms with Gasteiger partial charge in [-0.1, -0.05) is 103 Å². The Balaban J connectivity index is 1.13. The van der Waals surface area contributed by atoms with Crippen molar-refractivity contribution in [2.75, 3.05) is 4.90 Å². The van der Waals surface area contributed by atoms with Crippen LogP contribution in [0, 0.1) is 0 Å². The van der Waals surface area contributed by atoms with E-state index in [1.165, 1.54) is 38.2 Å². The maximum absolute atomic E-state index is 6.32. The van der Waals surface area contributed by atoms with Crippen molar-refractivity contribution in [1.82, 2.24) is 0 Å². The molecule has 10 rings (SSSR count). The van der Waals surface area contributed by atoms with Crippen molar-refractivity contribution >= 4 is 66.1 Å². The van der Waals surface area contributed by atoms with Gasteiger partial charge in [-0.25, -0.2) is 0 Å². The number of anilines is 3. The molecule has 0 radical (unpaired) electrons. The molecule has 3 heteroatoms. The molecule has 7 aromatic carbocycles. The van der Waals surface area contributed by atoms with Gasteiger partial charge in [0.25, 0.3) is 0 Å². The minimum Gasteiger partial charge on any atom is -0.485 e. The van der Waals surface area contributed by atoms with Crippen LogP contribution in [0.25, 0.3) is 49.1 Å². The zero-order valence-corrected chi connectivity index (χ0v) is 25.5. The number of rotatable bonds is 4. The summed E-state index contributed by atoms with van der Waals surface area (Å²) < 4.78 is 12.5. The average Bonchev–Trinajstić information content (AvgIpc) is 3.70. The van der Waals surface area contributed by atoms with Gasteiger partial charge in [0, 0.05) is 33.4 Å². The highest BCUT2D eigenvalue weighted by Crippen LogP contribution is 2.48. The largest absolute Gasteiger partial charge is 0.485 e. The van der Waals surface area contributed by atoms with E-state index in [9.17, 15) is 0 Å². The molecule has 0 bridgehead atoms. The van der Waals surface area contributed by atoms with E-state index in [4.69, 9.17) is 9.15 Å². The van der Waals surface area contributed by atoms with Crippen molar-refractivity contribution in [2.24, 2.45) is 0 Å². The minimum atomic E-state index is 0.0208. The van der Waals surface area contributed by atoms with Crippen LogP contribution in [0.15, 0.2) is 168 Å². The van der Waals surface area contributed by atoms with E-state index in [2.05, 4.69) is 151 Å².